The van der Waals surface area contributed by atoms with E-state index in [0.29, 0.717) is 25.6 Å². The summed E-state index contributed by atoms with van der Waals surface area (Å²) >= 11 is 0. The van der Waals surface area contributed by atoms with Crippen molar-refractivity contribution in [3.63, 3.8) is 0 Å². The van der Waals surface area contributed by atoms with Crippen LogP contribution in [0.2, 0.25) is 0 Å². The molecule has 1 aromatic carbocycles. The molecule has 1 fully saturated rings. The molecular formula is C22H32N6O2. The molecule has 0 aliphatic heterocycles. The Hall–Kier alpha value is -3.03. The molecule has 162 valence electrons. The van der Waals surface area contributed by atoms with E-state index in [4.69, 9.17) is 14.5 Å². The lowest BCUT2D eigenvalue weighted by molar-refractivity contribution is 0.198. The van der Waals surface area contributed by atoms with Gasteiger partial charge in [0.05, 0.1) is 26.3 Å². The van der Waals surface area contributed by atoms with Crippen molar-refractivity contribution in [3.8, 4) is 11.5 Å². The number of hydrogen-bond acceptors (Lipinski definition) is 5. The fraction of sp³-hybridized carbons (Fsp3) is 0.500. The number of guanidine groups is 1. The second-order valence-electron chi connectivity index (χ2n) is 7.38. The zero-order chi connectivity index (χ0) is 21.3. The number of nitrogens with one attached hydrogen (secondary N) is 2. The maximum absolute atomic E-state index is 6.32. The third kappa shape index (κ3) is 5.52. The summed E-state index contributed by atoms with van der Waals surface area (Å²) in [5, 5.41) is 14.8. The average molecular weight is 413 g/mol. The number of aromatic nitrogens is 3. The van der Waals surface area contributed by atoms with Gasteiger partial charge in [0.1, 0.15) is 5.82 Å². The highest BCUT2D eigenvalue weighted by Gasteiger charge is 2.20. The molecule has 1 aliphatic carbocycles. The van der Waals surface area contributed by atoms with Crippen molar-refractivity contribution in [1.82, 2.24) is 25.4 Å². The highest BCUT2D eigenvalue weighted by molar-refractivity contribution is 5.79. The van der Waals surface area contributed by atoms with Crippen LogP contribution in [-0.4, -0.2) is 40.5 Å². The molecule has 3 rings (SSSR count). The van der Waals surface area contributed by atoms with Crippen LogP contribution < -0.4 is 20.1 Å². The van der Waals surface area contributed by atoms with Crippen molar-refractivity contribution in [1.29, 1.82) is 0 Å². The number of benzene rings is 1. The van der Waals surface area contributed by atoms with Crippen LogP contribution in [0.25, 0.3) is 0 Å². The van der Waals surface area contributed by atoms with Crippen LogP contribution >= 0.6 is 0 Å². The van der Waals surface area contributed by atoms with Gasteiger partial charge in [0.2, 0.25) is 0 Å². The van der Waals surface area contributed by atoms with Gasteiger partial charge in [-0.15, -0.1) is 16.8 Å². The Balaban J connectivity index is 1.74. The zero-order valence-electron chi connectivity index (χ0n) is 18.1. The number of rotatable bonds is 9. The SMILES string of the molecule is C=CCNC(=NCc1cccc(OC)c1OC1CCCC1)NCc1nnc(C)n1C. The van der Waals surface area contributed by atoms with Gasteiger partial charge in [0.15, 0.2) is 23.3 Å². The maximum Gasteiger partial charge on any atom is 0.192 e. The second-order valence-corrected chi connectivity index (χ2v) is 7.38. The normalized spacial score (nSPS) is 14.6. The maximum atomic E-state index is 6.32. The fourth-order valence-corrected chi connectivity index (χ4v) is 3.43. The molecule has 8 heteroatoms. The summed E-state index contributed by atoms with van der Waals surface area (Å²) in [7, 11) is 3.62. The van der Waals surface area contributed by atoms with Gasteiger partial charge in [-0.2, -0.15) is 0 Å². The smallest absolute Gasteiger partial charge is 0.192 e. The Morgan fingerprint density at radius 3 is 2.77 bits per heavy atom. The van der Waals surface area contributed by atoms with E-state index >= 15 is 0 Å². The molecule has 1 aliphatic rings. The second kappa shape index (κ2) is 10.7. The van der Waals surface area contributed by atoms with E-state index in [9.17, 15) is 0 Å². The Bertz CT molecular complexity index is 871. The molecule has 30 heavy (non-hydrogen) atoms. The van der Waals surface area contributed by atoms with Crippen molar-refractivity contribution in [2.45, 2.75) is 51.8 Å². The predicted molar refractivity (Wildman–Crippen MR) is 118 cm³/mol. The molecule has 0 amide bonds. The van der Waals surface area contributed by atoms with E-state index in [1.165, 1.54) is 12.8 Å². The molecule has 0 saturated heterocycles. The Morgan fingerprint density at radius 2 is 2.10 bits per heavy atom. The number of hydrogen-bond donors (Lipinski definition) is 2. The van der Waals surface area contributed by atoms with Gasteiger partial charge in [-0.25, -0.2) is 4.99 Å². The highest BCUT2D eigenvalue weighted by Crippen LogP contribution is 2.35. The average Bonchev–Trinajstić information content (AvgIpc) is 3.38. The summed E-state index contributed by atoms with van der Waals surface area (Å²) in [6.07, 6.45) is 6.66. The molecule has 0 radical (unpaired) electrons. The summed E-state index contributed by atoms with van der Waals surface area (Å²) in [6.45, 7) is 7.28. The topological polar surface area (TPSA) is 85.6 Å². The molecule has 2 aromatic rings. The number of para-hydroxylation sites is 1. The van der Waals surface area contributed by atoms with Crippen LogP contribution in [0.5, 0.6) is 11.5 Å². The molecular weight excluding hydrogens is 380 g/mol. The van der Waals surface area contributed by atoms with Crippen LogP contribution in [0, 0.1) is 6.92 Å². The molecule has 1 saturated carbocycles. The predicted octanol–water partition coefficient (Wildman–Crippen LogP) is 2.87. The van der Waals surface area contributed by atoms with Crippen molar-refractivity contribution in [3.05, 3.63) is 48.1 Å². The standard InChI is InChI=1S/C22H32N6O2/c1-5-13-23-22(25-15-20-27-26-16(2)28(20)3)24-14-17-9-8-12-19(29-4)21(17)30-18-10-6-7-11-18/h5,8-9,12,18H,1,6-7,10-11,13-15H2,2-4H3,(H2,23,24,25). The fourth-order valence-electron chi connectivity index (χ4n) is 3.43. The van der Waals surface area contributed by atoms with Crippen molar-refractivity contribution in [2.75, 3.05) is 13.7 Å². The van der Waals surface area contributed by atoms with Crippen LogP contribution in [0.4, 0.5) is 0 Å². The van der Waals surface area contributed by atoms with Crippen molar-refractivity contribution >= 4 is 5.96 Å². The van der Waals surface area contributed by atoms with Gasteiger partial charge in [0, 0.05) is 19.2 Å². The molecule has 8 nitrogen and oxygen atoms in total. The van der Waals surface area contributed by atoms with Gasteiger partial charge in [0.25, 0.3) is 0 Å². The van der Waals surface area contributed by atoms with Gasteiger partial charge in [-0.3, -0.25) is 0 Å². The van der Waals surface area contributed by atoms with E-state index in [1.54, 1.807) is 13.2 Å². The number of aryl methyl sites for hydroxylation is 1. The van der Waals surface area contributed by atoms with Gasteiger partial charge in [-0.1, -0.05) is 18.2 Å². The van der Waals surface area contributed by atoms with E-state index in [0.717, 1.165) is 41.6 Å². The third-order valence-corrected chi connectivity index (χ3v) is 5.29. The number of ether oxygens (including phenoxy) is 2. The lowest BCUT2D eigenvalue weighted by Gasteiger charge is -2.19. The minimum Gasteiger partial charge on any atom is -0.493 e. The first-order valence-electron chi connectivity index (χ1n) is 10.4. The number of nitrogens with zero attached hydrogens (tertiary/aromatic N) is 4. The molecule has 2 N–H and O–H groups in total. The number of methoxy groups -OCH3 is 1. The van der Waals surface area contributed by atoms with Gasteiger partial charge in [-0.05, 0) is 38.7 Å². The monoisotopic (exact) mass is 412 g/mol. The largest absolute Gasteiger partial charge is 0.493 e. The Morgan fingerprint density at radius 1 is 1.30 bits per heavy atom. The molecule has 0 spiro atoms. The van der Waals surface area contributed by atoms with Gasteiger partial charge < -0.3 is 24.7 Å². The summed E-state index contributed by atoms with van der Waals surface area (Å²) in [4.78, 5) is 4.75. The summed E-state index contributed by atoms with van der Waals surface area (Å²) in [5.41, 5.74) is 0.996. The van der Waals surface area contributed by atoms with Crippen molar-refractivity contribution in [2.24, 2.45) is 12.0 Å². The van der Waals surface area contributed by atoms with Gasteiger partial charge >= 0.3 is 0 Å². The first-order chi connectivity index (χ1) is 14.6. The summed E-state index contributed by atoms with van der Waals surface area (Å²) < 4.78 is 13.8. The van der Waals surface area contributed by atoms with Crippen LogP contribution in [-0.2, 0) is 20.1 Å². The molecule has 0 unspecified atom stereocenters. The molecule has 0 atom stereocenters. The lowest BCUT2D eigenvalue weighted by Crippen LogP contribution is -2.37. The highest BCUT2D eigenvalue weighted by atomic mass is 16.5. The zero-order valence-corrected chi connectivity index (χ0v) is 18.1. The quantitative estimate of drug-likeness (QED) is 0.374. The Kier molecular flexibility index (Phi) is 7.70. The van der Waals surface area contributed by atoms with Crippen molar-refractivity contribution < 1.29 is 9.47 Å². The molecule has 0 bridgehead atoms. The van der Waals surface area contributed by atoms with E-state index in [2.05, 4.69) is 27.4 Å². The lowest BCUT2D eigenvalue weighted by atomic mass is 10.1. The molecule has 1 aromatic heterocycles. The molecule has 1 heterocycles. The summed E-state index contributed by atoms with van der Waals surface area (Å²) in [5.74, 6) is 3.92. The van der Waals surface area contributed by atoms with Crippen LogP contribution in [0.3, 0.4) is 0 Å². The number of aliphatic imine (C=N–C) groups is 1. The van der Waals surface area contributed by atoms with E-state index < -0.39 is 0 Å². The van der Waals surface area contributed by atoms with E-state index in [-0.39, 0.29) is 6.10 Å². The third-order valence-electron chi connectivity index (χ3n) is 5.29. The Labute approximate surface area is 178 Å². The first kappa shape index (κ1) is 21.7. The minimum atomic E-state index is 0.250. The van der Waals surface area contributed by atoms with E-state index in [1.807, 2.05) is 36.7 Å². The summed E-state index contributed by atoms with van der Waals surface area (Å²) in [6, 6.07) is 5.94. The van der Waals surface area contributed by atoms with Crippen LogP contribution in [0.1, 0.15) is 42.9 Å². The first-order valence-corrected chi connectivity index (χ1v) is 10.4. The minimum absolute atomic E-state index is 0.250. The van der Waals surface area contributed by atoms with Crippen LogP contribution in [0.15, 0.2) is 35.8 Å².